The zero-order valence-corrected chi connectivity index (χ0v) is 25.3. The van der Waals surface area contributed by atoms with E-state index in [-0.39, 0.29) is 10.9 Å². The molecule has 1 fully saturated rings. The maximum absolute atomic E-state index is 11.5. The predicted octanol–water partition coefficient (Wildman–Crippen LogP) is 5.53. The van der Waals surface area contributed by atoms with Crippen molar-refractivity contribution in [3.8, 4) is 17.7 Å². The summed E-state index contributed by atoms with van der Waals surface area (Å²) in [6.07, 6.45) is 1.81. The number of piperidine rings is 1. The van der Waals surface area contributed by atoms with E-state index in [4.69, 9.17) is 20.1 Å². The second kappa shape index (κ2) is 12.8. The molecule has 1 aliphatic rings. The number of primary sulfonamides is 1. The number of anilines is 3. The third kappa shape index (κ3) is 7.87. The van der Waals surface area contributed by atoms with E-state index in [1.165, 1.54) is 5.56 Å². The Morgan fingerprint density at radius 2 is 1.63 bits per heavy atom. The molecule has 222 valence electrons. The van der Waals surface area contributed by atoms with Gasteiger partial charge in [-0.15, -0.1) is 0 Å². The van der Waals surface area contributed by atoms with Gasteiger partial charge in [0.25, 0.3) is 0 Å². The summed E-state index contributed by atoms with van der Waals surface area (Å²) >= 11 is 0. The number of nitrogens with two attached hydrogens (primary N) is 1. The Morgan fingerprint density at radius 3 is 2.23 bits per heavy atom. The highest BCUT2D eigenvalue weighted by molar-refractivity contribution is 7.89. The Kier molecular flexibility index (Phi) is 8.92. The van der Waals surface area contributed by atoms with Gasteiger partial charge < -0.3 is 15.4 Å². The fraction of sp³-hybridized carbons (Fsp3) is 0.281. The first-order valence-electron chi connectivity index (χ1n) is 14.1. The van der Waals surface area contributed by atoms with Gasteiger partial charge in [-0.2, -0.15) is 15.2 Å². The standard InChI is InChI=1S/C32H35N7O3S/c1-21-16-22(2)31(23(3)17-21)42-30-18-29(37-32(38-30)36-26-8-4-24(19-33)5-9-26)35-27-12-14-39(15-13-27)20-25-6-10-28(11-7-25)43(34,40)41/h4-11,16-18,27H,12-15,20H2,1-3H3,(H2,34,40,41)(H2,35,36,37,38). The largest absolute Gasteiger partial charge is 0.438 e. The van der Waals surface area contributed by atoms with Crippen molar-refractivity contribution in [3.63, 3.8) is 0 Å². The summed E-state index contributed by atoms with van der Waals surface area (Å²) in [4.78, 5) is 11.8. The number of aryl methyl sites for hydroxylation is 3. The summed E-state index contributed by atoms with van der Waals surface area (Å²) in [5, 5.41) is 21.2. The molecule has 43 heavy (non-hydrogen) atoms. The van der Waals surface area contributed by atoms with E-state index in [0.29, 0.717) is 23.2 Å². The molecule has 1 aliphatic heterocycles. The molecule has 11 heteroatoms. The summed E-state index contributed by atoms with van der Waals surface area (Å²) in [7, 11) is -3.70. The fourth-order valence-corrected chi connectivity index (χ4v) is 5.80. The minimum Gasteiger partial charge on any atom is -0.438 e. The Balaban J connectivity index is 1.29. The van der Waals surface area contributed by atoms with Crippen LogP contribution in [0.3, 0.4) is 0 Å². The lowest BCUT2D eigenvalue weighted by Gasteiger charge is -2.32. The molecular formula is C32H35N7O3S. The molecular weight excluding hydrogens is 562 g/mol. The SMILES string of the molecule is Cc1cc(C)c(Oc2cc(NC3CCN(Cc4ccc(S(N)(=O)=O)cc4)CC3)nc(Nc3ccc(C#N)cc3)n2)c(C)c1. The molecule has 0 aliphatic carbocycles. The van der Waals surface area contributed by atoms with Crippen LogP contribution in [0.15, 0.2) is 71.6 Å². The number of nitrogens with zero attached hydrogens (tertiary/aromatic N) is 4. The van der Waals surface area contributed by atoms with E-state index in [1.807, 2.05) is 44.2 Å². The van der Waals surface area contributed by atoms with Crippen LogP contribution in [0.1, 0.15) is 40.7 Å². The second-order valence-corrected chi connectivity index (χ2v) is 12.5. The number of aromatic nitrogens is 2. The van der Waals surface area contributed by atoms with Crippen molar-refractivity contribution in [2.45, 2.75) is 51.1 Å². The number of ether oxygens (including phenoxy) is 1. The lowest BCUT2D eigenvalue weighted by molar-refractivity contribution is 0.211. The maximum atomic E-state index is 11.5. The number of likely N-dealkylation sites (tertiary alicyclic amines) is 1. The van der Waals surface area contributed by atoms with Gasteiger partial charge in [-0.1, -0.05) is 29.8 Å². The van der Waals surface area contributed by atoms with Crippen LogP contribution >= 0.6 is 0 Å². The molecule has 10 nitrogen and oxygen atoms in total. The minimum atomic E-state index is -3.70. The molecule has 0 bridgehead atoms. The van der Waals surface area contributed by atoms with Crippen LogP contribution < -0.4 is 20.5 Å². The topological polar surface area (TPSA) is 146 Å². The number of hydrogen-bond acceptors (Lipinski definition) is 9. The first-order chi connectivity index (χ1) is 20.6. The first kappa shape index (κ1) is 30.0. The van der Waals surface area contributed by atoms with Gasteiger partial charge in [0.1, 0.15) is 11.6 Å². The van der Waals surface area contributed by atoms with Gasteiger partial charge >= 0.3 is 0 Å². The molecule has 1 aromatic heterocycles. The van der Waals surface area contributed by atoms with E-state index in [0.717, 1.165) is 60.6 Å². The molecule has 1 saturated heterocycles. The molecule has 0 amide bonds. The molecule has 5 rings (SSSR count). The van der Waals surface area contributed by atoms with Gasteiger partial charge in [-0.05, 0) is 86.7 Å². The van der Waals surface area contributed by atoms with E-state index >= 15 is 0 Å². The summed E-state index contributed by atoms with van der Waals surface area (Å²) < 4.78 is 29.4. The zero-order chi connectivity index (χ0) is 30.6. The number of nitriles is 1. The Hall–Kier alpha value is -4.50. The quantitative estimate of drug-likeness (QED) is 0.226. The fourth-order valence-electron chi connectivity index (χ4n) is 5.28. The minimum absolute atomic E-state index is 0.119. The predicted molar refractivity (Wildman–Crippen MR) is 167 cm³/mol. The van der Waals surface area contributed by atoms with Gasteiger partial charge in [0, 0.05) is 37.4 Å². The average molecular weight is 598 g/mol. The number of rotatable bonds is 9. The molecule has 0 unspecified atom stereocenters. The smallest absolute Gasteiger partial charge is 0.238 e. The lowest BCUT2D eigenvalue weighted by Crippen LogP contribution is -2.38. The maximum Gasteiger partial charge on any atom is 0.238 e. The third-order valence-electron chi connectivity index (χ3n) is 7.38. The van der Waals surface area contributed by atoms with Crippen molar-refractivity contribution >= 4 is 27.5 Å². The Morgan fingerprint density at radius 1 is 0.977 bits per heavy atom. The summed E-state index contributed by atoms with van der Waals surface area (Å²) in [6, 6.07) is 22.2. The number of nitrogens with one attached hydrogen (secondary N) is 2. The monoisotopic (exact) mass is 597 g/mol. The molecule has 0 radical (unpaired) electrons. The van der Waals surface area contributed by atoms with E-state index in [1.54, 1.807) is 24.3 Å². The van der Waals surface area contributed by atoms with Crippen LogP contribution in [0.25, 0.3) is 0 Å². The molecule has 0 atom stereocenters. The lowest BCUT2D eigenvalue weighted by atomic mass is 10.0. The van der Waals surface area contributed by atoms with Gasteiger partial charge in [0.15, 0.2) is 0 Å². The van der Waals surface area contributed by atoms with Gasteiger partial charge in [0.05, 0.1) is 16.5 Å². The number of sulfonamides is 1. The van der Waals surface area contributed by atoms with Crippen LogP contribution in [-0.2, 0) is 16.6 Å². The summed E-state index contributed by atoms with van der Waals surface area (Å²) in [5.41, 5.74) is 5.59. The van der Waals surface area contributed by atoms with Crippen molar-refractivity contribution in [2.24, 2.45) is 5.14 Å². The van der Waals surface area contributed by atoms with Crippen LogP contribution in [0.2, 0.25) is 0 Å². The van der Waals surface area contributed by atoms with Crippen LogP contribution in [0, 0.1) is 32.1 Å². The third-order valence-corrected chi connectivity index (χ3v) is 8.31. The van der Waals surface area contributed by atoms with Gasteiger partial charge in [0.2, 0.25) is 21.9 Å². The van der Waals surface area contributed by atoms with Crippen molar-refractivity contribution in [2.75, 3.05) is 23.7 Å². The summed E-state index contributed by atoms with van der Waals surface area (Å²) in [6.45, 7) is 8.59. The van der Waals surface area contributed by atoms with Crippen molar-refractivity contribution in [1.82, 2.24) is 14.9 Å². The summed E-state index contributed by atoms with van der Waals surface area (Å²) in [5.74, 6) is 2.22. The molecule has 3 aromatic carbocycles. The Bertz CT molecular complexity index is 1720. The van der Waals surface area contributed by atoms with Gasteiger partial charge in [-0.3, -0.25) is 4.90 Å². The highest BCUT2D eigenvalue weighted by Crippen LogP contribution is 2.31. The zero-order valence-electron chi connectivity index (χ0n) is 24.5. The van der Waals surface area contributed by atoms with Crippen LogP contribution in [0.4, 0.5) is 17.5 Å². The number of benzene rings is 3. The highest BCUT2D eigenvalue weighted by Gasteiger charge is 2.21. The molecule has 4 aromatic rings. The Labute approximate surface area is 252 Å². The number of hydrogen-bond donors (Lipinski definition) is 3. The van der Waals surface area contributed by atoms with Gasteiger partial charge in [-0.25, -0.2) is 13.6 Å². The molecule has 4 N–H and O–H groups in total. The van der Waals surface area contributed by atoms with Crippen molar-refractivity contribution in [1.29, 1.82) is 5.26 Å². The van der Waals surface area contributed by atoms with Crippen LogP contribution in [-0.4, -0.2) is 42.4 Å². The van der Waals surface area contributed by atoms with E-state index in [2.05, 4.69) is 45.6 Å². The van der Waals surface area contributed by atoms with Crippen LogP contribution in [0.5, 0.6) is 11.6 Å². The van der Waals surface area contributed by atoms with Crippen molar-refractivity contribution in [3.05, 3.63) is 94.5 Å². The van der Waals surface area contributed by atoms with E-state index in [9.17, 15) is 8.42 Å². The molecule has 0 spiro atoms. The van der Waals surface area contributed by atoms with E-state index < -0.39 is 10.0 Å². The molecule has 2 heterocycles. The molecule has 0 saturated carbocycles. The average Bonchev–Trinajstić information content (AvgIpc) is 2.96. The highest BCUT2D eigenvalue weighted by atomic mass is 32.2. The second-order valence-electron chi connectivity index (χ2n) is 10.9. The van der Waals surface area contributed by atoms with Crippen molar-refractivity contribution < 1.29 is 13.2 Å². The first-order valence-corrected chi connectivity index (χ1v) is 15.6. The normalized spacial score (nSPS) is 14.2.